The van der Waals surface area contributed by atoms with Gasteiger partial charge in [-0.05, 0) is 37.0 Å². The minimum Gasteiger partial charge on any atom is -0.349 e. The number of amides is 1. The normalized spacial score (nSPS) is 24.0. The molecule has 5 rings (SSSR count). The van der Waals surface area contributed by atoms with Gasteiger partial charge in [-0.1, -0.05) is 0 Å². The molecule has 5 heterocycles. The summed E-state index contributed by atoms with van der Waals surface area (Å²) < 4.78 is 27.4. The van der Waals surface area contributed by atoms with Crippen LogP contribution in [0.4, 0.5) is 0 Å². The van der Waals surface area contributed by atoms with Gasteiger partial charge in [0.15, 0.2) is 0 Å². The number of H-pyrrole nitrogens is 1. The van der Waals surface area contributed by atoms with Crippen molar-refractivity contribution >= 4 is 15.9 Å². The van der Waals surface area contributed by atoms with Gasteiger partial charge in [0.25, 0.3) is 5.91 Å². The largest absolute Gasteiger partial charge is 0.349 e. The van der Waals surface area contributed by atoms with E-state index in [9.17, 15) is 13.2 Å². The summed E-state index contributed by atoms with van der Waals surface area (Å²) in [6.07, 6.45) is 4.96. The lowest BCUT2D eigenvalue weighted by molar-refractivity contribution is 0.0582. The number of aryl methyl sites for hydroxylation is 1. The quantitative estimate of drug-likeness (QED) is 0.861. The monoisotopic (exact) mass is 377 g/mol. The number of rotatable bonds is 3. The van der Waals surface area contributed by atoms with Crippen LogP contribution in [0.25, 0.3) is 11.4 Å². The smallest absolute Gasteiger partial charge is 0.272 e. The van der Waals surface area contributed by atoms with E-state index >= 15 is 0 Å². The molecule has 3 saturated heterocycles. The van der Waals surface area contributed by atoms with Crippen molar-refractivity contribution < 1.29 is 13.2 Å². The molecule has 0 radical (unpaired) electrons. The molecular weight excluding hydrogens is 354 g/mol. The summed E-state index contributed by atoms with van der Waals surface area (Å²) in [5, 5.41) is 7.13. The fourth-order valence-electron chi connectivity index (χ4n) is 4.00. The molecule has 3 fully saturated rings. The summed E-state index contributed by atoms with van der Waals surface area (Å²) in [5.74, 6) is 0.0747. The van der Waals surface area contributed by atoms with Crippen LogP contribution in [0.5, 0.6) is 0 Å². The number of nitrogens with zero attached hydrogens (tertiary/aromatic N) is 4. The molecule has 3 aliphatic heterocycles. The van der Waals surface area contributed by atoms with E-state index in [2.05, 4.69) is 10.2 Å². The van der Waals surface area contributed by atoms with Crippen molar-refractivity contribution in [1.29, 1.82) is 0 Å². The third-order valence-corrected chi connectivity index (χ3v) is 6.66. The predicted molar refractivity (Wildman–Crippen MR) is 97.0 cm³/mol. The molecule has 0 aromatic carbocycles. The highest BCUT2D eigenvalue weighted by atomic mass is 32.2. The van der Waals surface area contributed by atoms with Gasteiger partial charge in [0.05, 0.1) is 11.9 Å². The molecule has 26 heavy (non-hydrogen) atoms. The first-order valence-corrected chi connectivity index (χ1v) is 10.6. The summed E-state index contributed by atoms with van der Waals surface area (Å²) >= 11 is 0. The molecule has 140 valence electrons. The average molecular weight is 377 g/mol. The average Bonchev–Trinajstić information content (AvgIpc) is 3.12. The van der Waals surface area contributed by atoms with Crippen LogP contribution < -0.4 is 0 Å². The summed E-state index contributed by atoms with van der Waals surface area (Å²) in [7, 11) is -1.32. The second kappa shape index (κ2) is 6.24. The first-order valence-electron chi connectivity index (χ1n) is 8.76. The maximum absolute atomic E-state index is 13.0. The zero-order valence-corrected chi connectivity index (χ0v) is 15.7. The van der Waals surface area contributed by atoms with E-state index in [1.54, 1.807) is 6.07 Å². The molecular formula is C17H23N5O3S. The molecule has 1 amide bonds. The molecule has 0 spiro atoms. The summed E-state index contributed by atoms with van der Waals surface area (Å²) in [6.45, 7) is 1.46. The van der Waals surface area contributed by atoms with Gasteiger partial charge in [-0.2, -0.15) is 9.40 Å². The molecule has 2 atom stereocenters. The van der Waals surface area contributed by atoms with Crippen molar-refractivity contribution in [3.8, 4) is 11.4 Å². The maximum atomic E-state index is 13.0. The number of hydrogen-bond acceptors (Lipinski definition) is 4. The number of hydrogen-bond donors (Lipinski definition) is 1. The summed E-state index contributed by atoms with van der Waals surface area (Å²) in [4.78, 5) is 14.9. The highest BCUT2D eigenvalue weighted by molar-refractivity contribution is 7.88. The summed E-state index contributed by atoms with van der Waals surface area (Å²) in [6, 6.07) is 5.56. The third-order valence-electron chi connectivity index (χ3n) is 5.42. The predicted octanol–water partition coefficient (Wildman–Crippen LogP) is 0.911. The van der Waals surface area contributed by atoms with Gasteiger partial charge in [-0.25, -0.2) is 8.42 Å². The van der Waals surface area contributed by atoms with Crippen LogP contribution in [0, 0.1) is 5.92 Å². The molecule has 0 saturated carbocycles. The Morgan fingerprint density at radius 2 is 2.08 bits per heavy atom. The molecule has 3 aliphatic rings. The Hall–Kier alpha value is -2.13. The lowest BCUT2D eigenvalue weighted by Gasteiger charge is -2.35. The van der Waals surface area contributed by atoms with E-state index in [-0.39, 0.29) is 17.9 Å². The van der Waals surface area contributed by atoms with E-state index in [4.69, 9.17) is 0 Å². The third kappa shape index (κ3) is 3.05. The van der Waals surface area contributed by atoms with E-state index in [1.807, 2.05) is 34.8 Å². The van der Waals surface area contributed by atoms with E-state index < -0.39 is 10.0 Å². The minimum atomic E-state index is -3.25. The van der Waals surface area contributed by atoms with Crippen LogP contribution in [0.3, 0.4) is 0 Å². The SMILES string of the molecule is Cn1cccc1-c1cc(C(=O)N2C[C@H]3CC[C@@H]2CN(S(C)(=O)=O)C3)[nH]n1. The minimum absolute atomic E-state index is 0.0854. The molecule has 2 aromatic rings. The molecule has 0 unspecified atom stereocenters. The van der Waals surface area contributed by atoms with E-state index in [1.165, 1.54) is 10.6 Å². The van der Waals surface area contributed by atoms with Crippen molar-refractivity contribution in [2.45, 2.75) is 18.9 Å². The Labute approximate surface area is 152 Å². The second-order valence-electron chi connectivity index (χ2n) is 7.31. The van der Waals surface area contributed by atoms with Crippen molar-refractivity contribution in [2.75, 3.05) is 25.9 Å². The van der Waals surface area contributed by atoms with Crippen molar-refractivity contribution in [3.05, 3.63) is 30.1 Å². The zero-order chi connectivity index (χ0) is 18.5. The van der Waals surface area contributed by atoms with Gasteiger partial charge in [0.1, 0.15) is 11.4 Å². The van der Waals surface area contributed by atoms with Crippen LogP contribution in [0.1, 0.15) is 23.3 Å². The fraction of sp³-hybridized carbons (Fsp3) is 0.529. The van der Waals surface area contributed by atoms with E-state index in [0.29, 0.717) is 25.3 Å². The van der Waals surface area contributed by atoms with Crippen molar-refractivity contribution in [2.24, 2.45) is 13.0 Å². The Kier molecular flexibility index (Phi) is 4.15. The molecule has 2 bridgehead atoms. The Bertz CT molecular complexity index is 932. The lowest BCUT2D eigenvalue weighted by Crippen LogP contribution is -2.47. The number of aromatic amines is 1. The first kappa shape index (κ1) is 17.3. The Morgan fingerprint density at radius 1 is 1.27 bits per heavy atom. The number of fused-ring (bicyclic) bond motifs is 4. The van der Waals surface area contributed by atoms with Gasteiger partial charge >= 0.3 is 0 Å². The topological polar surface area (TPSA) is 91.3 Å². The fourth-order valence-corrected chi connectivity index (χ4v) is 4.93. The number of aromatic nitrogens is 3. The Morgan fingerprint density at radius 3 is 2.77 bits per heavy atom. The first-order chi connectivity index (χ1) is 12.3. The zero-order valence-electron chi connectivity index (χ0n) is 14.9. The number of carbonyl (C=O) groups excluding carboxylic acids is 1. The molecule has 1 N–H and O–H groups in total. The maximum Gasteiger partial charge on any atom is 0.272 e. The number of nitrogens with one attached hydrogen (secondary N) is 1. The molecule has 9 heteroatoms. The molecule has 8 nitrogen and oxygen atoms in total. The highest BCUT2D eigenvalue weighted by Gasteiger charge is 2.40. The van der Waals surface area contributed by atoms with Crippen LogP contribution in [-0.2, 0) is 17.1 Å². The second-order valence-corrected chi connectivity index (χ2v) is 9.29. The van der Waals surface area contributed by atoms with Crippen molar-refractivity contribution in [1.82, 2.24) is 24.0 Å². The molecule has 2 aromatic heterocycles. The Balaban J connectivity index is 1.57. The van der Waals surface area contributed by atoms with Crippen LogP contribution >= 0.6 is 0 Å². The number of sulfonamides is 1. The lowest BCUT2D eigenvalue weighted by atomic mass is 9.94. The highest BCUT2D eigenvalue weighted by Crippen LogP contribution is 2.30. The van der Waals surface area contributed by atoms with Gasteiger partial charge in [0, 0.05) is 38.9 Å². The van der Waals surface area contributed by atoms with Crippen LogP contribution in [-0.4, -0.2) is 70.2 Å². The van der Waals surface area contributed by atoms with Gasteiger partial charge in [-0.3, -0.25) is 9.89 Å². The van der Waals surface area contributed by atoms with E-state index in [0.717, 1.165) is 24.2 Å². The van der Waals surface area contributed by atoms with Crippen LogP contribution in [0.15, 0.2) is 24.4 Å². The molecule has 0 aliphatic carbocycles. The van der Waals surface area contributed by atoms with Gasteiger partial charge in [0.2, 0.25) is 10.0 Å². The summed E-state index contributed by atoms with van der Waals surface area (Å²) in [5.41, 5.74) is 2.10. The standard InChI is InChI=1S/C17H23N5O3S/c1-20-7-3-4-16(20)14-8-15(19-18-14)17(23)22-10-12-5-6-13(22)11-21(9-12)26(2,24)25/h3-4,7-8,12-13H,5-6,9-11H2,1-2H3,(H,18,19)/t12-,13+/m0/s1. The van der Waals surface area contributed by atoms with Gasteiger partial charge < -0.3 is 9.47 Å². The number of carbonyl (C=O) groups is 1. The van der Waals surface area contributed by atoms with Gasteiger partial charge in [-0.15, -0.1) is 0 Å². The van der Waals surface area contributed by atoms with Crippen LogP contribution in [0.2, 0.25) is 0 Å². The number of piperidine rings is 1. The van der Waals surface area contributed by atoms with Crippen molar-refractivity contribution in [3.63, 3.8) is 0 Å².